The van der Waals surface area contributed by atoms with Gasteiger partial charge in [-0.3, -0.25) is 4.79 Å². The van der Waals surface area contributed by atoms with Gasteiger partial charge in [-0.15, -0.1) is 0 Å². The number of hydrogen-bond donors (Lipinski definition) is 0. The van der Waals surface area contributed by atoms with E-state index >= 15 is 0 Å². The smallest absolute Gasteiger partial charge is 0.276 e. The summed E-state index contributed by atoms with van der Waals surface area (Å²) in [6, 6.07) is 9.08. The topological polar surface area (TPSA) is 83.7 Å². The van der Waals surface area contributed by atoms with Crippen LogP contribution in [-0.4, -0.2) is 54.9 Å². The van der Waals surface area contributed by atoms with E-state index in [1.807, 2.05) is 31.2 Å². The number of amides is 1. The molecule has 3 rings (SSSR count). The van der Waals surface area contributed by atoms with E-state index in [1.54, 1.807) is 17.9 Å². The van der Waals surface area contributed by atoms with Gasteiger partial charge < -0.3 is 9.42 Å². The Morgan fingerprint density at radius 1 is 1.16 bits per heavy atom. The summed E-state index contributed by atoms with van der Waals surface area (Å²) in [6.45, 7) is 4.93. The van der Waals surface area contributed by atoms with Gasteiger partial charge in [-0.05, 0) is 19.4 Å². The van der Waals surface area contributed by atoms with E-state index in [0.717, 1.165) is 11.1 Å². The summed E-state index contributed by atoms with van der Waals surface area (Å²) in [5, 5.41) is 3.72. The minimum Gasteiger partial charge on any atom is -0.361 e. The Balaban J connectivity index is 1.62. The fourth-order valence-electron chi connectivity index (χ4n) is 2.90. The highest BCUT2D eigenvalue weighted by molar-refractivity contribution is 7.88. The van der Waals surface area contributed by atoms with Crippen LogP contribution in [0, 0.1) is 13.8 Å². The number of carbonyl (C=O) groups is 1. The average Bonchev–Trinajstić information content (AvgIpc) is 3.00. The summed E-state index contributed by atoms with van der Waals surface area (Å²) in [6.07, 6.45) is 0. The van der Waals surface area contributed by atoms with E-state index in [4.69, 9.17) is 4.52 Å². The molecule has 1 aromatic heterocycles. The SMILES string of the molecule is Cc1cccc(CS(=O)(=O)N2CCN(C(=O)c3cc(C)on3)CC2)c1. The molecular formula is C17H21N3O4S. The van der Waals surface area contributed by atoms with E-state index < -0.39 is 10.0 Å². The van der Waals surface area contributed by atoms with Crippen molar-refractivity contribution in [3.8, 4) is 0 Å². The number of aromatic nitrogens is 1. The number of rotatable bonds is 4. The average molecular weight is 363 g/mol. The molecule has 0 atom stereocenters. The van der Waals surface area contributed by atoms with E-state index in [2.05, 4.69) is 5.16 Å². The molecule has 25 heavy (non-hydrogen) atoms. The lowest BCUT2D eigenvalue weighted by Gasteiger charge is -2.33. The van der Waals surface area contributed by atoms with Crippen molar-refractivity contribution in [3.05, 3.63) is 52.9 Å². The van der Waals surface area contributed by atoms with Crippen LogP contribution in [0.2, 0.25) is 0 Å². The molecule has 0 aliphatic carbocycles. The molecule has 1 aliphatic rings. The molecule has 134 valence electrons. The summed E-state index contributed by atoms with van der Waals surface area (Å²) >= 11 is 0. The Hall–Kier alpha value is -2.19. The van der Waals surface area contributed by atoms with Gasteiger partial charge in [0.2, 0.25) is 10.0 Å². The fourth-order valence-corrected chi connectivity index (χ4v) is 4.41. The van der Waals surface area contributed by atoms with Crippen molar-refractivity contribution in [2.45, 2.75) is 19.6 Å². The molecule has 1 aliphatic heterocycles. The molecule has 7 nitrogen and oxygen atoms in total. The second-order valence-electron chi connectivity index (χ2n) is 6.26. The van der Waals surface area contributed by atoms with Crippen molar-refractivity contribution in [1.82, 2.24) is 14.4 Å². The van der Waals surface area contributed by atoms with Gasteiger partial charge in [-0.25, -0.2) is 8.42 Å². The van der Waals surface area contributed by atoms with Crippen molar-refractivity contribution in [1.29, 1.82) is 0 Å². The molecule has 8 heteroatoms. The minimum absolute atomic E-state index is 0.0227. The number of carbonyl (C=O) groups excluding carboxylic acids is 1. The molecule has 0 N–H and O–H groups in total. The summed E-state index contributed by atoms with van der Waals surface area (Å²) in [5.74, 6) is 0.320. The van der Waals surface area contributed by atoms with Crippen LogP contribution in [0.25, 0.3) is 0 Å². The van der Waals surface area contributed by atoms with Crippen molar-refractivity contribution in [2.24, 2.45) is 0 Å². The van der Waals surface area contributed by atoms with Crippen LogP contribution >= 0.6 is 0 Å². The first-order valence-electron chi connectivity index (χ1n) is 8.11. The normalized spacial score (nSPS) is 16.2. The Bertz CT molecular complexity index is 868. The van der Waals surface area contributed by atoms with Crippen LogP contribution in [0.15, 0.2) is 34.9 Å². The molecule has 2 aromatic rings. The number of nitrogens with zero attached hydrogens (tertiary/aromatic N) is 3. The van der Waals surface area contributed by atoms with Gasteiger partial charge in [0.25, 0.3) is 5.91 Å². The summed E-state index contributed by atoms with van der Waals surface area (Å²) in [4.78, 5) is 13.9. The molecule has 1 fully saturated rings. The zero-order valence-corrected chi connectivity index (χ0v) is 15.1. The number of aryl methyl sites for hydroxylation is 2. The summed E-state index contributed by atoms with van der Waals surface area (Å²) in [5.41, 5.74) is 2.07. The summed E-state index contributed by atoms with van der Waals surface area (Å²) < 4.78 is 31.6. The Morgan fingerprint density at radius 2 is 1.88 bits per heavy atom. The van der Waals surface area contributed by atoms with Crippen molar-refractivity contribution >= 4 is 15.9 Å². The van der Waals surface area contributed by atoms with E-state index in [-0.39, 0.29) is 30.4 Å². The second-order valence-corrected chi connectivity index (χ2v) is 8.23. The monoisotopic (exact) mass is 363 g/mol. The maximum absolute atomic E-state index is 12.6. The van der Waals surface area contributed by atoms with Gasteiger partial charge in [0.1, 0.15) is 5.76 Å². The maximum atomic E-state index is 12.6. The van der Waals surface area contributed by atoms with Crippen LogP contribution in [0.4, 0.5) is 0 Å². The zero-order chi connectivity index (χ0) is 18.0. The van der Waals surface area contributed by atoms with E-state index in [1.165, 1.54) is 4.31 Å². The first kappa shape index (κ1) is 17.6. The van der Waals surface area contributed by atoms with Gasteiger partial charge in [0, 0.05) is 32.2 Å². The largest absolute Gasteiger partial charge is 0.361 e. The van der Waals surface area contributed by atoms with Gasteiger partial charge in [0.15, 0.2) is 5.69 Å². The van der Waals surface area contributed by atoms with Crippen LogP contribution < -0.4 is 0 Å². The molecular weight excluding hydrogens is 342 g/mol. The third-order valence-electron chi connectivity index (χ3n) is 4.20. The lowest BCUT2D eigenvalue weighted by Crippen LogP contribution is -2.50. The third kappa shape index (κ3) is 4.08. The van der Waals surface area contributed by atoms with Crippen LogP contribution in [0.3, 0.4) is 0 Å². The number of benzene rings is 1. The molecule has 0 unspecified atom stereocenters. The number of sulfonamides is 1. The first-order chi connectivity index (χ1) is 11.8. The molecule has 1 amide bonds. The van der Waals surface area contributed by atoms with E-state index in [0.29, 0.717) is 18.8 Å². The lowest BCUT2D eigenvalue weighted by atomic mass is 10.2. The predicted molar refractivity (Wildman–Crippen MR) is 92.5 cm³/mol. The molecule has 0 radical (unpaired) electrons. The van der Waals surface area contributed by atoms with Crippen molar-refractivity contribution in [2.75, 3.05) is 26.2 Å². The molecule has 1 saturated heterocycles. The van der Waals surface area contributed by atoms with Gasteiger partial charge in [-0.1, -0.05) is 35.0 Å². The highest BCUT2D eigenvalue weighted by Gasteiger charge is 2.30. The maximum Gasteiger partial charge on any atom is 0.276 e. The molecule has 0 saturated carbocycles. The molecule has 2 heterocycles. The van der Waals surface area contributed by atoms with Gasteiger partial charge >= 0.3 is 0 Å². The Morgan fingerprint density at radius 3 is 2.48 bits per heavy atom. The highest BCUT2D eigenvalue weighted by atomic mass is 32.2. The number of hydrogen-bond acceptors (Lipinski definition) is 5. The Kier molecular flexibility index (Phi) is 4.91. The molecule has 0 spiro atoms. The van der Waals surface area contributed by atoms with Gasteiger partial charge in [0.05, 0.1) is 5.75 Å². The zero-order valence-electron chi connectivity index (χ0n) is 14.3. The van der Waals surface area contributed by atoms with Crippen LogP contribution in [0.5, 0.6) is 0 Å². The number of piperazine rings is 1. The standard InChI is InChI=1S/C17H21N3O4S/c1-13-4-3-5-15(10-13)12-25(22,23)20-8-6-19(7-9-20)17(21)16-11-14(2)24-18-16/h3-5,10-11H,6-9,12H2,1-2H3. The lowest BCUT2D eigenvalue weighted by molar-refractivity contribution is 0.0687. The highest BCUT2D eigenvalue weighted by Crippen LogP contribution is 2.16. The minimum atomic E-state index is -3.40. The van der Waals surface area contributed by atoms with Crippen molar-refractivity contribution in [3.63, 3.8) is 0 Å². The third-order valence-corrected chi connectivity index (χ3v) is 6.05. The molecule has 0 bridgehead atoms. The predicted octanol–water partition coefficient (Wildman–Crippen LogP) is 1.58. The quantitative estimate of drug-likeness (QED) is 0.823. The van der Waals surface area contributed by atoms with Crippen molar-refractivity contribution < 1.29 is 17.7 Å². The van der Waals surface area contributed by atoms with E-state index in [9.17, 15) is 13.2 Å². The van der Waals surface area contributed by atoms with Crippen LogP contribution in [0.1, 0.15) is 27.4 Å². The Labute approximate surface area is 147 Å². The fraction of sp³-hybridized carbons (Fsp3) is 0.412. The summed E-state index contributed by atoms with van der Waals surface area (Å²) in [7, 11) is -3.40. The first-order valence-corrected chi connectivity index (χ1v) is 9.72. The van der Waals surface area contributed by atoms with Crippen LogP contribution in [-0.2, 0) is 15.8 Å². The van der Waals surface area contributed by atoms with Gasteiger partial charge in [-0.2, -0.15) is 4.31 Å². The second kappa shape index (κ2) is 6.97. The molecule has 1 aromatic carbocycles.